The fourth-order valence-electron chi connectivity index (χ4n) is 3.22. The van der Waals surface area contributed by atoms with Crippen molar-refractivity contribution >= 4 is 28.6 Å². The fraction of sp³-hybridized carbons (Fsp3) is 0.250. The van der Waals surface area contributed by atoms with Crippen LogP contribution in [0.25, 0.3) is 17.0 Å². The van der Waals surface area contributed by atoms with E-state index in [1.54, 1.807) is 47.2 Å². The molecular formula is C20H19N3O3. The van der Waals surface area contributed by atoms with E-state index in [1.807, 2.05) is 0 Å². The van der Waals surface area contributed by atoms with Crippen molar-refractivity contribution in [1.29, 1.82) is 0 Å². The van der Waals surface area contributed by atoms with Crippen LogP contribution in [0.5, 0.6) is 0 Å². The van der Waals surface area contributed by atoms with Crippen molar-refractivity contribution in [1.82, 2.24) is 9.55 Å². The number of nitrogens with zero attached hydrogens (tertiary/aromatic N) is 2. The quantitative estimate of drug-likeness (QED) is 0.736. The SMILES string of the molecule is O=C(/C=C/c1ccco1)Nc1ccc2nc3n(c(=O)c2c1)CCCCC3. The van der Waals surface area contributed by atoms with Crippen LogP contribution in [0.15, 0.2) is 51.9 Å². The first kappa shape index (κ1) is 16.3. The summed E-state index contributed by atoms with van der Waals surface area (Å²) >= 11 is 0. The predicted octanol–water partition coefficient (Wildman–Crippen LogP) is 3.37. The highest BCUT2D eigenvalue weighted by atomic mass is 16.3. The van der Waals surface area contributed by atoms with Gasteiger partial charge >= 0.3 is 0 Å². The van der Waals surface area contributed by atoms with Gasteiger partial charge in [0.25, 0.3) is 5.56 Å². The molecule has 0 saturated heterocycles. The van der Waals surface area contributed by atoms with Gasteiger partial charge < -0.3 is 9.73 Å². The van der Waals surface area contributed by atoms with E-state index in [2.05, 4.69) is 10.3 Å². The van der Waals surface area contributed by atoms with Gasteiger partial charge in [0.05, 0.1) is 17.2 Å². The third-order valence-electron chi connectivity index (χ3n) is 4.52. The number of aryl methyl sites for hydroxylation is 1. The molecule has 6 nitrogen and oxygen atoms in total. The summed E-state index contributed by atoms with van der Waals surface area (Å²) in [5.74, 6) is 1.17. The molecule has 1 aliphatic heterocycles. The molecule has 0 spiro atoms. The second-order valence-electron chi connectivity index (χ2n) is 6.37. The lowest BCUT2D eigenvalue weighted by Gasteiger charge is -2.11. The largest absolute Gasteiger partial charge is 0.465 e. The Morgan fingerprint density at radius 3 is 3.00 bits per heavy atom. The molecule has 4 rings (SSSR count). The molecule has 26 heavy (non-hydrogen) atoms. The molecule has 1 aromatic carbocycles. The fourth-order valence-corrected chi connectivity index (χ4v) is 3.22. The molecule has 0 fully saturated rings. The number of hydrogen-bond donors (Lipinski definition) is 1. The maximum absolute atomic E-state index is 12.8. The summed E-state index contributed by atoms with van der Waals surface area (Å²) in [5, 5.41) is 3.30. The first-order valence-electron chi connectivity index (χ1n) is 8.77. The van der Waals surface area contributed by atoms with Crippen molar-refractivity contribution in [3.63, 3.8) is 0 Å². The number of anilines is 1. The average Bonchev–Trinajstić information content (AvgIpc) is 3.05. The van der Waals surface area contributed by atoms with E-state index in [4.69, 9.17) is 4.42 Å². The van der Waals surface area contributed by atoms with Crippen LogP contribution in [0.1, 0.15) is 30.8 Å². The predicted molar refractivity (Wildman–Crippen MR) is 99.9 cm³/mol. The van der Waals surface area contributed by atoms with Crippen LogP contribution >= 0.6 is 0 Å². The highest BCUT2D eigenvalue weighted by Gasteiger charge is 2.14. The minimum Gasteiger partial charge on any atom is -0.465 e. The smallest absolute Gasteiger partial charge is 0.261 e. The molecule has 3 aromatic rings. The number of fused-ring (bicyclic) bond motifs is 2. The molecule has 1 amide bonds. The van der Waals surface area contributed by atoms with Crippen LogP contribution in [0.3, 0.4) is 0 Å². The second kappa shape index (κ2) is 7.00. The minimum absolute atomic E-state index is 0.0332. The summed E-state index contributed by atoms with van der Waals surface area (Å²) in [4.78, 5) is 29.5. The molecule has 0 radical (unpaired) electrons. The van der Waals surface area contributed by atoms with Crippen molar-refractivity contribution in [2.24, 2.45) is 0 Å². The summed E-state index contributed by atoms with van der Waals surface area (Å²) in [6.07, 6.45) is 8.54. The first-order valence-corrected chi connectivity index (χ1v) is 8.77. The summed E-state index contributed by atoms with van der Waals surface area (Å²) < 4.78 is 6.93. The molecular weight excluding hydrogens is 330 g/mol. The van der Waals surface area contributed by atoms with Crippen LogP contribution < -0.4 is 10.9 Å². The van der Waals surface area contributed by atoms with Gasteiger partial charge in [-0.2, -0.15) is 0 Å². The summed E-state index contributed by atoms with van der Waals surface area (Å²) in [5.41, 5.74) is 1.21. The Kier molecular flexibility index (Phi) is 4.39. The van der Waals surface area contributed by atoms with Crippen LogP contribution in [0.4, 0.5) is 5.69 Å². The van der Waals surface area contributed by atoms with Crippen molar-refractivity contribution < 1.29 is 9.21 Å². The zero-order valence-electron chi connectivity index (χ0n) is 14.3. The van der Waals surface area contributed by atoms with Gasteiger partial charge in [-0.3, -0.25) is 14.2 Å². The Labute approximate surface area is 150 Å². The average molecular weight is 349 g/mol. The molecule has 0 bridgehead atoms. The maximum Gasteiger partial charge on any atom is 0.261 e. The van der Waals surface area contributed by atoms with Crippen molar-refractivity contribution in [2.75, 3.05) is 5.32 Å². The van der Waals surface area contributed by atoms with Crippen molar-refractivity contribution in [3.05, 3.63) is 64.6 Å². The molecule has 0 saturated carbocycles. The molecule has 0 aliphatic carbocycles. The zero-order valence-corrected chi connectivity index (χ0v) is 14.3. The monoisotopic (exact) mass is 349 g/mol. The highest BCUT2D eigenvalue weighted by Crippen LogP contribution is 2.18. The van der Waals surface area contributed by atoms with E-state index in [9.17, 15) is 9.59 Å². The molecule has 0 atom stereocenters. The molecule has 3 heterocycles. The van der Waals surface area contributed by atoms with Crippen LogP contribution in [0.2, 0.25) is 0 Å². The number of amides is 1. The lowest BCUT2D eigenvalue weighted by Crippen LogP contribution is -2.24. The molecule has 1 N–H and O–H groups in total. The summed E-state index contributed by atoms with van der Waals surface area (Å²) in [6, 6.07) is 8.76. The van der Waals surface area contributed by atoms with Gasteiger partial charge in [-0.1, -0.05) is 6.42 Å². The topological polar surface area (TPSA) is 77.1 Å². The van der Waals surface area contributed by atoms with E-state index in [1.165, 1.54) is 6.08 Å². The number of furan rings is 1. The molecule has 6 heteroatoms. The third-order valence-corrected chi connectivity index (χ3v) is 4.52. The Morgan fingerprint density at radius 2 is 2.15 bits per heavy atom. The van der Waals surface area contributed by atoms with Crippen LogP contribution in [-0.2, 0) is 17.8 Å². The Hall–Kier alpha value is -3.15. The number of nitrogens with one attached hydrogen (secondary N) is 1. The number of benzene rings is 1. The van der Waals surface area contributed by atoms with Crippen molar-refractivity contribution in [2.45, 2.75) is 32.2 Å². The normalized spacial score (nSPS) is 14.3. The summed E-state index contributed by atoms with van der Waals surface area (Å²) in [6.45, 7) is 0.708. The van der Waals surface area contributed by atoms with Gasteiger partial charge in [-0.05, 0) is 49.2 Å². The maximum atomic E-state index is 12.8. The van der Waals surface area contributed by atoms with E-state index in [-0.39, 0.29) is 11.5 Å². The molecule has 1 aliphatic rings. The van der Waals surface area contributed by atoms with Gasteiger partial charge in [0.2, 0.25) is 5.91 Å². The lowest BCUT2D eigenvalue weighted by atomic mass is 10.2. The van der Waals surface area contributed by atoms with Gasteiger partial charge in [0.15, 0.2) is 0 Å². The molecule has 2 aromatic heterocycles. The van der Waals surface area contributed by atoms with Gasteiger partial charge in [0, 0.05) is 24.7 Å². The van der Waals surface area contributed by atoms with Gasteiger partial charge in [0.1, 0.15) is 11.6 Å². The van der Waals surface area contributed by atoms with Gasteiger partial charge in [-0.25, -0.2) is 4.98 Å². The molecule has 132 valence electrons. The van der Waals surface area contributed by atoms with E-state index < -0.39 is 0 Å². The first-order chi connectivity index (χ1) is 12.7. The van der Waals surface area contributed by atoms with Crippen LogP contribution in [-0.4, -0.2) is 15.5 Å². The standard InChI is InChI=1S/C20H19N3O3/c24-19(10-8-15-5-4-12-26-15)21-14-7-9-17-16(13-14)20(25)23-11-3-1-2-6-18(23)22-17/h4-5,7-10,12-13H,1-3,6,11H2,(H,21,24)/b10-8+. The van der Waals surface area contributed by atoms with Crippen LogP contribution in [0, 0.1) is 0 Å². The number of rotatable bonds is 3. The van der Waals surface area contributed by atoms with Gasteiger partial charge in [-0.15, -0.1) is 0 Å². The van der Waals surface area contributed by atoms with E-state index >= 15 is 0 Å². The Bertz CT molecular complexity index is 1030. The second-order valence-corrected chi connectivity index (χ2v) is 6.37. The Balaban J connectivity index is 1.62. The number of carbonyl (C=O) groups is 1. The third kappa shape index (κ3) is 3.31. The Morgan fingerprint density at radius 1 is 1.23 bits per heavy atom. The van der Waals surface area contributed by atoms with E-state index in [0.29, 0.717) is 28.9 Å². The zero-order chi connectivity index (χ0) is 17.9. The number of hydrogen-bond acceptors (Lipinski definition) is 4. The minimum atomic E-state index is -0.288. The highest BCUT2D eigenvalue weighted by molar-refractivity contribution is 6.02. The lowest BCUT2D eigenvalue weighted by molar-refractivity contribution is -0.111. The number of carbonyl (C=O) groups excluding carboxylic acids is 1. The van der Waals surface area contributed by atoms with E-state index in [0.717, 1.165) is 31.5 Å². The summed E-state index contributed by atoms with van der Waals surface area (Å²) in [7, 11) is 0. The van der Waals surface area contributed by atoms with Crippen molar-refractivity contribution in [3.8, 4) is 0 Å². The molecule has 0 unspecified atom stereocenters. The number of aromatic nitrogens is 2.